The van der Waals surface area contributed by atoms with Gasteiger partial charge in [0.2, 0.25) is 5.91 Å². The van der Waals surface area contributed by atoms with Gasteiger partial charge in [-0.05, 0) is 92.4 Å². The quantitative estimate of drug-likeness (QED) is 0.813. The van der Waals surface area contributed by atoms with Crippen molar-refractivity contribution < 1.29 is 9.18 Å². The van der Waals surface area contributed by atoms with E-state index in [9.17, 15) is 9.18 Å². The van der Waals surface area contributed by atoms with Crippen molar-refractivity contribution in [2.75, 3.05) is 5.32 Å². The monoisotopic (exact) mass is 379 g/mol. The summed E-state index contributed by atoms with van der Waals surface area (Å²) in [5.41, 5.74) is 2.75. The Kier molecular flexibility index (Phi) is 4.22. The zero-order valence-electron chi connectivity index (χ0n) is 16.2. The number of nitrogens with one attached hydrogen (secondary N) is 1. The molecule has 1 amide bonds. The van der Waals surface area contributed by atoms with Crippen LogP contribution in [0.1, 0.15) is 51.1 Å². The molecule has 0 atom stereocenters. The number of carbonyl (C=O) groups excluding carboxylic acids is 1. The van der Waals surface area contributed by atoms with Gasteiger partial charge in [0.15, 0.2) is 5.82 Å². The van der Waals surface area contributed by atoms with Gasteiger partial charge >= 0.3 is 0 Å². The van der Waals surface area contributed by atoms with Gasteiger partial charge in [-0.25, -0.2) is 14.4 Å². The lowest BCUT2D eigenvalue weighted by atomic mass is 9.48. The van der Waals surface area contributed by atoms with Gasteiger partial charge in [0.25, 0.3) is 0 Å². The van der Waals surface area contributed by atoms with Crippen molar-refractivity contribution in [2.45, 2.75) is 51.9 Å². The van der Waals surface area contributed by atoms with Crippen molar-refractivity contribution in [1.82, 2.24) is 9.97 Å². The third-order valence-electron chi connectivity index (χ3n) is 6.99. The average molecular weight is 379 g/mol. The molecule has 4 nitrogen and oxygen atoms in total. The van der Waals surface area contributed by atoms with Crippen molar-refractivity contribution in [3.8, 4) is 11.3 Å². The van der Waals surface area contributed by atoms with E-state index in [1.54, 1.807) is 18.3 Å². The topological polar surface area (TPSA) is 54.9 Å². The summed E-state index contributed by atoms with van der Waals surface area (Å²) >= 11 is 0. The molecule has 5 heteroatoms. The molecule has 4 aliphatic carbocycles. The van der Waals surface area contributed by atoms with Crippen LogP contribution in [0.15, 0.2) is 30.5 Å². The Bertz CT molecular complexity index is 873. The number of benzene rings is 1. The maximum absolute atomic E-state index is 13.3. The van der Waals surface area contributed by atoms with Crippen LogP contribution in [0, 0.1) is 29.0 Å². The molecule has 1 aromatic heterocycles. The Morgan fingerprint density at radius 1 is 1.11 bits per heavy atom. The molecule has 1 aromatic carbocycles. The van der Waals surface area contributed by atoms with Gasteiger partial charge in [0.1, 0.15) is 5.82 Å². The zero-order chi connectivity index (χ0) is 19.3. The van der Waals surface area contributed by atoms with Crippen molar-refractivity contribution >= 4 is 11.7 Å². The lowest BCUT2D eigenvalue weighted by Gasteiger charge is -2.57. The summed E-state index contributed by atoms with van der Waals surface area (Å²) in [6.45, 7) is 1.50. The van der Waals surface area contributed by atoms with Crippen molar-refractivity contribution in [3.05, 3.63) is 42.0 Å². The third kappa shape index (κ3) is 3.31. The number of anilines is 1. The van der Waals surface area contributed by atoms with Gasteiger partial charge in [0.05, 0.1) is 17.6 Å². The molecule has 0 saturated heterocycles. The maximum Gasteiger partial charge on any atom is 0.222 e. The molecule has 4 fully saturated rings. The lowest BCUT2D eigenvalue weighted by Crippen LogP contribution is -2.47. The van der Waals surface area contributed by atoms with E-state index in [-0.39, 0.29) is 11.7 Å². The molecule has 0 unspecified atom stereocenters. The summed E-state index contributed by atoms with van der Waals surface area (Å²) < 4.78 is 13.3. The maximum atomic E-state index is 13.3. The van der Waals surface area contributed by atoms with E-state index in [4.69, 9.17) is 4.98 Å². The smallest absolute Gasteiger partial charge is 0.222 e. The van der Waals surface area contributed by atoms with E-state index >= 15 is 0 Å². The molecule has 0 spiro atoms. The molecule has 2 aromatic rings. The summed E-state index contributed by atoms with van der Waals surface area (Å²) in [5.74, 6) is 2.78. The highest BCUT2D eigenvalue weighted by atomic mass is 19.1. The Morgan fingerprint density at radius 2 is 1.71 bits per heavy atom. The second-order valence-corrected chi connectivity index (χ2v) is 9.33. The largest absolute Gasteiger partial charge is 0.309 e. The van der Waals surface area contributed by atoms with Gasteiger partial charge in [-0.2, -0.15) is 0 Å². The van der Waals surface area contributed by atoms with Crippen LogP contribution in [0.5, 0.6) is 0 Å². The second-order valence-electron chi connectivity index (χ2n) is 9.33. The van der Waals surface area contributed by atoms with Crippen molar-refractivity contribution in [2.24, 2.45) is 23.2 Å². The third-order valence-corrected chi connectivity index (χ3v) is 6.99. The highest BCUT2D eigenvalue weighted by Gasteiger charge is 2.51. The van der Waals surface area contributed by atoms with Crippen LogP contribution in [0.2, 0.25) is 0 Å². The number of hydrogen-bond donors (Lipinski definition) is 1. The van der Waals surface area contributed by atoms with E-state index < -0.39 is 0 Å². The molecular weight excluding hydrogens is 353 g/mol. The average Bonchev–Trinajstić information content (AvgIpc) is 2.62. The summed E-state index contributed by atoms with van der Waals surface area (Å²) in [7, 11) is 0. The molecule has 4 bridgehead atoms. The standard InChI is InChI=1S/C23H26FN3O/c1-14(28)26-22-20(27-21(13-25-22)18-2-4-19(24)5-3-18)12-23-9-15-6-16(10-23)8-17(7-15)11-23/h2-5,13,15-17H,6-12H2,1H3,(H,25,26,28). The summed E-state index contributed by atoms with van der Waals surface area (Å²) in [6, 6.07) is 6.34. The fraction of sp³-hybridized carbons (Fsp3) is 0.522. The summed E-state index contributed by atoms with van der Waals surface area (Å²) in [6.07, 6.45) is 10.6. The molecular formula is C23H26FN3O. The molecule has 1 N–H and O–H groups in total. The van der Waals surface area contributed by atoms with Crippen LogP contribution in [0.3, 0.4) is 0 Å². The normalized spacial score (nSPS) is 30.4. The van der Waals surface area contributed by atoms with Gasteiger partial charge in [-0.1, -0.05) is 0 Å². The SMILES string of the molecule is CC(=O)Nc1ncc(-c2ccc(F)cc2)nc1CC12CC3CC(CC(C3)C1)C2. The molecule has 0 aliphatic heterocycles. The van der Waals surface area contributed by atoms with Crippen molar-refractivity contribution in [3.63, 3.8) is 0 Å². The number of amides is 1. The fourth-order valence-electron chi connectivity index (χ4n) is 6.44. The molecule has 4 aliphatic rings. The molecule has 146 valence electrons. The Morgan fingerprint density at radius 3 is 2.29 bits per heavy atom. The number of hydrogen-bond acceptors (Lipinski definition) is 3. The van der Waals surface area contributed by atoms with Crippen LogP contribution >= 0.6 is 0 Å². The first-order valence-corrected chi connectivity index (χ1v) is 10.4. The van der Waals surface area contributed by atoms with Crippen LogP contribution in [0.4, 0.5) is 10.2 Å². The minimum absolute atomic E-state index is 0.129. The highest BCUT2D eigenvalue weighted by Crippen LogP contribution is 2.61. The van der Waals surface area contributed by atoms with E-state index in [0.717, 1.165) is 41.1 Å². The second kappa shape index (κ2) is 6.64. The summed E-state index contributed by atoms with van der Waals surface area (Å²) in [4.78, 5) is 21.1. The van der Waals surface area contributed by atoms with Gasteiger partial charge in [-0.3, -0.25) is 4.79 Å². The van der Waals surface area contributed by atoms with E-state index in [0.29, 0.717) is 11.2 Å². The van der Waals surface area contributed by atoms with E-state index in [1.807, 2.05) is 0 Å². The molecule has 1 heterocycles. The molecule has 0 radical (unpaired) electrons. The Balaban J connectivity index is 1.50. The van der Waals surface area contributed by atoms with E-state index in [2.05, 4.69) is 10.3 Å². The zero-order valence-corrected chi connectivity index (χ0v) is 16.2. The minimum atomic E-state index is -0.264. The number of halogens is 1. The van der Waals surface area contributed by atoms with Gasteiger partial charge in [0, 0.05) is 12.5 Å². The van der Waals surface area contributed by atoms with Crippen molar-refractivity contribution in [1.29, 1.82) is 0 Å². The highest BCUT2D eigenvalue weighted by molar-refractivity contribution is 5.88. The molecule has 6 rings (SSSR count). The van der Waals surface area contributed by atoms with E-state index in [1.165, 1.54) is 57.6 Å². The van der Waals surface area contributed by atoms with Crippen LogP contribution in [0.25, 0.3) is 11.3 Å². The number of aromatic nitrogens is 2. The Hall–Kier alpha value is -2.30. The van der Waals surface area contributed by atoms with Gasteiger partial charge < -0.3 is 5.32 Å². The number of nitrogens with zero attached hydrogens (tertiary/aromatic N) is 2. The first-order valence-electron chi connectivity index (χ1n) is 10.4. The first-order chi connectivity index (χ1) is 13.5. The number of carbonyl (C=O) groups is 1. The molecule has 4 saturated carbocycles. The molecule has 28 heavy (non-hydrogen) atoms. The lowest BCUT2D eigenvalue weighted by molar-refractivity contribution is -0.114. The fourth-order valence-corrected chi connectivity index (χ4v) is 6.44. The van der Waals surface area contributed by atoms with Gasteiger partial charge in [-0.15, -0.1) is 0 Å². The Labute approximate surface area is 165 Å². The number of rotatable bonds is 4. The minimum Gasteiger partial charge on any atom is -0.309 e. The first kappa shape index (κ1) is 17.8. The van der Waals surface area contributed by atoms with Crippen LogP contribution < -0.4 is 5.32 Å². The summed E-state index contributed by atoms with van der Waals surface area (Å²) in [5, 5.41) is 2.87. The van der Waals surface area contributed by atoms with Crippen LogP contribution in [-0.4, -0.2) is 15.9 Å². The predicted octanol–water partition coefficient (Wildman–Crippen LogP) is 5.00. The van der Waals surface area contributed by atoms with Crippen LogP contribution in [-0.2, 0) is 11.2 Å². The predicted molar refractivity (Wildman–Crippen MR) is 106 cm³/mol.